The van der Waals surface area contributed by atoms with Crippen molar-refractivity contribution >= 4 is 10.0 Å². The molecule has 0 spiro atoms. The Morgan fingerprint density at radius 2 is 2.16 bits per heavy atom. The Bertz CT molecular complexity index is 603. The number of hydrogen-bond acceptors (Lipinski definition) is 3. The van der Waals surface area contributed by atoms with Crippen molar-refractivity contribution in [3.63, 3.8) is 0 Å². The highest BCUT2D eigenvalue weighted by atomic mass is 32.2. The van der Waals surface area contributed by atoms with Crippen LogP contribution in [0.3, 0.4) is 0 Å². The van der Waals surface area contributed by atoms with E-state index in [2.05, 4.69) is 16.6 Å². The normalized spacial score (nSPS) is 12.6. The smallest absolute Gasteiger partial charge is 0.243 e. The van der Waals surface area contributed by atoms with Crippen molar-refractivity contribution in [2.45, 2.75) is 31.2 Å². The highest BCUT2D eigenvalue weighted by Crippen LogP contribution is 2.16. The molecule has 0 saturated carbocycles. The molecule has 6 heteroatoms. The van der Waals surface area contributed by atoms with Gasteiger partial charge in [0.15, 0.2) is 0 Å². The molecule has 0 bridgehead atoms. The standard InChI is InChI=1S/C13H17FN2O2S/c1-3-10(2)16-19(17,18)13-7-6-11(5-4-8-15)9-12(13)14/h6-7,9-10,16H,3,8,15H2,1-2H3. The van der Waals surface area contributed by atoms with Gasteiger partial charge in [0.2, 0.25) is 10.0 Å². The summed E-state index contributed by atoms with van der Waals surface area (Å²) in [6, 6.07) is 3.51. The molecule has 1 rings (SSSR count). The van der Waals surface area contributed by atoms with Gasteiger partial charge in [-0.2, -0.15) is 0 Å². The summed E-state index contributed by atoms with van der Waals surface area (Å²) in [6.07, 6.45) is 0.626. The van der Waals surface area contributed by atoms with E-state index in [9.17, 15) is 12.8 Å². The molecule has 1 atom stereocenters. The monoisotopic (exact) mass is 284 g/mol. The van der Waals surface area contributed by atoms with Gasteiger partial charge in [0, 0.05) is 11.6 Å². The maximum atomic E-state index is 13.8. The number of nitrogens with one attached hydrogen (secondary N) is 1. The summed E-state index contributed by atoms with van der Waals surface area (Å²) in [6.45, 7) is 3.73. The molecule has 0 aromatic heterocycles. The van der Waals surface area contributed by atoms with Gasteiger partial charge in [0.25, 0.3) is 0 Å². The van der Waals surface area contributed by atoms with Gasteiger partial charge in [0.05, 0.1) is 6.54 Å². The zero-order valence-corrected chi connectivity index (χ0v) is 11.7. The number of rotatable bonds is 4. The fourth-order valence-electron chi connectivity index (χ4n) is 1.36. The summed E-state index contributed by atoms with van der Waals surface area (Å²) in [5.74, 6) is 4.40. The van der Waals surface area contributed by atoms with Gasteiger partial charge in [-0.1, -0.05) is 18.8 Å². The number of halogens is 1. The molecule has 0 radical (unpaired) electrons. The van der Waals surface area contributed by atoms with Crippen molar-refractivity contribution in [2.24, 2.45) is 5.73 Å². The Kier molecular flexibility index (Phi) is 5.48. The molecule has 1 aromatic rings. The second-order valence-corrected chi connectivity index (χ2v) is 5.76. The SMILES string of the molecule is CCC(C)NS(=O)(=O)c1ccc(C#CCN)cc1F. The molecule has 0 aliphatic rings. The van der Waals surface area contributed by atoms with Gasteiger partial charge in [0.1, 0.15) is 10.7 Å². The van der Waals surface area contributed by atoms with Crippen LogP contribution in [0.5, 0.6) is 0 Å². The van der Waals surface area contributed by atoms with E-state index in [0.717, 1.165) is 6.07 Å². The number of nitrogens with two attached hydrogens (primary N) is 1. The van der Waals surface area contributed by atoms with Crippen molar-refractivity contribution < 1.29 is 12.8 Å². The molecule has 4 nitrogen and oxygen atoms in total. The average molecular weight is 284 g/mol. The topological polar surface area (TPSA) is 72.2 Å². The lowest BCUT2D eigenvalue weighted by Gasteiger charge is -2.12. The Labute approximate surface area is 113 Å². The van der Waals surface area contributed by atoms with Crippen molar-refractivity contribution in [1.82, 2.24) is 4.72 Å². The zero-order chi connectivity index (χ0) is 14.5. The number of sulfonamides is 1. The highest BCUT2D eigenvalue weighted by Gasteiger charge is 2.20. The molecule has 0 aliphatic heterocycles. The van der Waals surface area contributed by atoms with Crippen LogP contribution < -0.4 is 10.5 Å². The summed E-state index contributed by atoms with van der Waals surface area (Å²) in [7, 11) is -3.84. The average Bonchev–Trinajstić information content (AvgIpc) is 2.35. The molecule has 0 heterocycles. The van der Waals surface area contributed by atoms with Crippen molar-refractivity contribution in [1.29, 1.82) is 0 Å². The molecule has 104 valence electrons. The molecule has 1 aromatic carbocycles. The van der Waals surface area contributed by atoms with Crippen LogP contribution in [0.4, 0.5) is 4.39 Å². The van der Waals surface area contributed by atoms with Crippen LogP contribution in [0.2, 0.25) is 0 Å². The summed E-state index contributed by atoms with van der Waals surface area (Å²) >= 11 is 0. The zero-order valence-electron chi connectivity index (χ0n) is 10.9. The molecular formula is C13H17FN2O2S. The number of hydrogen-bond donors (Lipinski definition) is 2. The summed E-state index contributed by atoms with van der Waals surface area (Å²) in [4.78, 5) is -0.369. The molecule has 19 heavy (non-hydrogen) atoms. The molecular weight excluding hydrogens is 267 g/mol. The predicted molar refractivity (Wildman–Crippen MR) is 72.4 cm³/mol. The summed E-state index contributed by atoms with van der Waals surface area (Å²) < 4.78 is 40.1. The van der Waals surface area contributed by atoms with E-state index in [1.165, 1.54) is 12.1 Å². The minimum Gasteiger partial charge on any atom is -0.320 e. The largest absolute Gasteiger partial charge is 0.320 e. The van der Waals surface area contributed by atoms with Gasteiger partial charge in [-0.05, 0) is 31.5 Å². The molecule has 3 N–H and O–H groups in total. The van der Waals surface area contributed by atoms with Gasteiger partial charge in [-0.25, -0.2) is 17.5 Å². The Hall–Kier alpha value is -1.42. The lowest BCUT2D eigenvalue weighted by Crippen LogP contribution is -2.32. The second-order valence-electron chi connectivity index (χ2n) is 4.08. The fourth-order valence-corrected chi connectivity index (χ4v) is 2.75. The van der Waals surface area contributed by atoms with Crippen LogP contribution in [0.1, 0.15) is 25.8 Å². The molecule has 0 fully saturated rings. The van der Waals surface area contributed by atoms with Gasteiger partial charge >= 0.3 is 0 Å². The lowest BCUT2D eigenvalue weighted by atomic mass is 10.2. The first-order valence-electron chi connectivity index (χ1n) is 5.91. The molecule has 0 aliphatic carbocycles. The Morgan fingerprint density at radius 1 is 1.47 bits per heavy atom. The van der Waals surface area contributed by atoms with Crippen LogP contribution in [-0.4, -0.2) is 21.0 Å². The highest BCUT2D eigenvalue weighted by molar-refractivity contribution is 7.89. The molecule has 1 unspecified atom stereocenters. The van der Waals surface area contributed by atoms with Crippen LogP contribution in [0.25, 0.3) is 0 Å². The van der Waals surface area contributed by atoms with E-state index >= 15 is 0 Å². The maximum Gasteiger partial charge on any atom is 0.243 e. The van der Waals surface area contributed by atoms with E-state index in [-0.39, 0.29) is 17.5 Å². The van der Waals surface area contributed by atoms with Crippen LogP contribution in [0.15, 0.2) is 23.1 Å². The van der Waals surface area contributed by atoms with E-state index in [1.807, 2.05) is 6.92 Å². The third kappa shape index (κ3) is 4.31. The first kappa shape index (κ1) is 15.6. The van der Waals surface area contributed by atoms with Crippen molar-refractivity contribution in [2.75, 3.05) is 6.54 Å². The first-order chi connectivity index (χ1) is 8.90. The Morgan fingerprint density at radius 3 is 2.68 bits per heavy atom. The molecule has 0 amide bonds. The van der Waals surface area contributed by atoms with Crippen LogP contribution in [-0.2, 0) is 10.0 Å². The van der Waals surface area contributed by atoms with E-state index in [1.54, 1.807) is 6.92 Å². The van der Waals surface area contributed by atoms with Gasteiger partial charge in [-0.15, -0.1) is 0 Å². The first-order valence-corrected chi connectivity index (χ1v) is 7.39. The van der Waals surface area contributed by atoms with E-state index < -0.39 is 15.8 Å². The fraction of sp³-hybridized carbons (Fsp3) is 0.385. The van der Waals surface area contributed by atoms with Crippen LogP contribution >= 0.6 is 0 Å². The summed E-state index contributed by atoms with van der Waals surface area (Å²) in [5, 5.41) is 0. The van der Waals surface area contributed by atoms with Crippen LogP contribution in [0, 0.1) is 17.7 Å². The third-order valence-electron chi connectivity index (χ3n) is 2.52. The minimum atomic E-state index is -3.84. The second kappa shape index (κ2) is 6.66. The maximum absolute atomic E-state index is 13.8. The third-order valence-corrected chi connectivity index (χ3v) is 4.15. The Balaban J connectivity index is 3.09. The lowest BCUT2D eigenvalue weighted by molar-refractivity contribution is 0.539. The van der Waals surface area contributed by atoms with Gasteiger partial charge < -0.3 is 5.73 Å². The minimum absolute atomic E-state index is 0.164. The van der Waals surface area contributed by atoms with E-state index in [0.29, 0.717) is 12.0 Å². The van der Waals surface area contributed by atoms with Gasteiger partial charge in [-0.3, -0.25) is 0 Å². The number of benzene rings is 1. The molecule has 0 saturated heterocycles. The summed E-state index contributed by atoms with van der Waals surface area (Å²) in [5.41, 5.74) is 5.60. The van der Waals surface area contributed by atoms with Crippen molar-refractivity contribution in [3.8, 4) is 11.8 Å². The van der Waals surface area contributed by atoms with Crippen molar-refractivity contribution in [3.05, 3.63) is 29.6 Å². The van der Waals surface area contributed by atoms with E-state index in [4.69, 9.17) is 5.73 Å². The quantitative estimate of drug-likeness (QED) is 0.816. The predicted octanol–water partition coefficient (Wildman–Crippen LogP) is 1.21.